The van der Waals surface area contributed by atoms with Crippen LogP contribution in [-0.2, 0) is 15.3 Å². The molecule has 0 atom stereocenters. The SMILES string of the molecule is CCN(CC(=O)O)C(=O)CSCc1coc(-c2ccccc2)n1. The van der Waals surface area contributed by atoms with Crippen molar-refractivity contribution in [2.75, 3.05) is 18.8 Å². The molecule has 0 fully saturated rings. The number of oxazole rings is 1. The van der Waals surface area contributed by atoms with E-state index in [1.165, 1.54) is 16.7 Å². The molecular formula is C16H18N2O4S. The summed E-state index contributed by atoms with van der Waals surface area (Å²) in [6.07, 6.45) is 1.58. The van der Waals surface area contributed by atoms with Crippen LogP contribution in [0.2, 0.25) is 0 Å². The highest BCUT2D eigenvalue weighted by atomic mass is 32.2. The predicted molar refractivity (Wildman–Crippen MR) is 88.0 cm³/mol. The normalized spacial score (nSPS) is 10.5. The van der Waals surface area contributed by atoms with Gasteiger partial charge in [0.05, 0.1) is 11.4 Å². The zero-order valence-corrected chi connectivity index (χ0v) is 13.6. The number of carboxylic acids is 1. The number of thioether (sulfide) groups is 1. The quantitative estimate of drug-likeness (QED) is 0.798. The topological polar surface area (TPSA) is 83.6 Å². The van der Waals surface area contributed by atoms with Crippen LogP contribution in [0.15, 0.2) is 41.0 Å². The summed E-state index contributed by atoms with van der Waals surface area (Å²) in [4.78, 5) is 28.3. The minimum Gasteiger partial charge on any atom is -0.480 e. The van der Waals surface area contributed by atoms with Crippen LogP contribution in [0, 0.1) is 0 Å². The van der Waals surface area contributed by atoms with Crippen molar-refractivity contribution in [1.82, 2.24) is 9.88 Å². The Morgan fingerprint density at radius 1 is 1.30 bits per heavy atom. The van der Waals surface area contributed by atoms with Gasteiger partial charge in [0, 0.05) is 17.9 Å². The molecule has 0 aliphatic rings. The fourth-order valence-corrected chi connectivity index (χ4v) is 2.76. The van der Waals surface area contributed by atoms with Crippen molar-refractivity contribution in [2.24, 2.45) is 0 Å². The Hall–Kier alpha value is -2.28. The first kappa shape index (κ1) is 17.1. The molecule has 6 nitrogen and oxygen atoms in total. The smallest absolute Gasteiger partial charge is 0.323 e. The maximum Gasteiger partial charge on any atom is 0.323 e. The summed E-state index contributed by atoms with van der Waals surface area (Å²) in [5.41, 5.74) is 1.65. The second kappa shape index (κ2) is 8.38. The Kier molecular flexibility index (Phi) is 6.22. The van der Waals surface area contributed by atoms with Gasteiger partial charge in [-0.25, -0.2) is 4.98 Å². The summed E-state index contributed by atoms with van der Waals surface area (Å²) in [6, 6.07) is 9.57. The van der Waals surface area contributed by atoms with Crippen LogP contribution in [0.3, 0.4) is 0 Å². The fourth-order valence-electron chi connectivity index (χ4n) is 1.96. The summed E-state index contributed by atoms with van der Waals surface area (Å²) >= 11 is 1.39. The van der Waals surface area contributed by atoms with Crippen LogP contribution >= 0.6 is 11.8 Å². The molecule has 0 spiro atoms. The number of likely N-dealkylation sites (N-methyl/N-ethyl adjacent to an activating group) is 1. The molecule has 2 rings (SSSR count). The number of amides is 1. The predicted octanol–water partition coefficient (Wildman–Crippen LogP) is 2.51. The van der Waals surface area contributed by atoms with Crippen molar-refractivity contribution in [3.8, 4) is 11.5 Å². The van der Waals surface area contributed by atoms with Crippen LogP contribution in [0.4, 0.5) is 0 Å². The van der Waals surface area contributed by atoms with E-state index >= 15 is 0 Å². The number of benzene rings is 1. The second-order valence-electron chi connectivity index (χ2n) is 4.80. The summed E-state index contributed by atoms with van der Waals surface area (Å²) in [5, 5.41) is 8.76. The van der Waals surface area contributed by atoms with Gasteiger partial charge in [-0.1, -0.05) is 18.2 Å². The monoisotopic (exact) mass is 334 g/mol. The molecule has 1 aromatic heterocycles. The number of carbonyl (C=O) groups is 2. The number of hydrogen-bond acceptors (Lipinski definition) is 5. The van der Waals surface area contributed by atoms with Gasteiger partial charge in [0.15, 0.2) is 0 Å². The van der Waals surface area contributed by atoms with Gasteiger partial charge in [-0.15, -0.1) is 11.8 Å². The molecule has 0 aliphatic heterocycles. The molecule has 0 bridgehead atoms. The Bertz CT molecular complexity index is 657. The average molecular weight is 334 g/mol. The zero-order valence-electron chi connectivity index (χ0n) is 12.8. The first-order valence-corrected chi connectivity index (χ1v) is 8.32. The number of hydrogen-bond donors (Lipinski definition) is 1. The molecule has 0 unspecified atom stereocenters. The van der Waals surface area contributed by atoms with Gasteiger partial charge >= 0.3 is 5.97 Å². The van der Waals surface area contributed by atoms with Crippen molar-refractivity contribution in [3.05, 3.63) is 42.3 Å². The second-order valence-corrected chi connectivity index (χ2v) is 5.79. The van der Waals surface area contributed by atoms with E-state index in [-0.39, 0.29) is 18.2 Å². The molecule has 1 amide bonds. The van der Waals surface area contributed by atoms with Crippen molar-refractivity contribution in [1.29, 1.82) is 0 Å². The molecule has 1 heterocycles. The average Bonchev–Trinajstić information content (AvgIpc) is 3.02. The first-order chi connectivity index (χ1) is 11.1. The summed E-state index contributed by atoms with van der Waals surface area (Å²) in [6.45, 7) is 1.88. The summed E-state index contributed by atoms with van der Waals surface area (Å²) in [7, 11) is 0. The van der Waals surface area contributed by atoms with Gasteiger partial charge in [-0.05, 0) is 19.1 Å². The van der Waals surface area contributed by atoms with Crippen LogP contribution in [0.5, 0.6) is 0 Å². The molecule has 0 saturated carbocycles. The highest BCUT2D eigenvalue weighted by molar-refractivity contribution is 7.99. The maximum absolute atomic E-state index is 11.9. The number of aromatic nitrogens is 1. The van der Waals surface area contributed by atoms with Gasteiger partial charge in [0.25, 0.3) is 0 Å². The van der Waals surface area contributed by atoms with E-state index in [0.717, 1.165) is 11.3 Å². The van der Waals surface area contributed by atoms with E-state index in [9.17, 15) is 9.59 Å². The number of nitrogens with zero attached hydrogens (tertiary/aromatic N) is 2. The molecule has 0 saturated heterocycles. The summed E-state index contributed by atoms with van der Waals surface area (Å²) in [5.74, 6) is 0.107. The van der Waals surface area contributed by atoms with Crippen LogP contribution in [-0.4, -0.2) is 45.7 Å². The Labute approximate surface area is 138 Å². The van der Waals surface area contributed by atoms with E-state index in [1.807, 2.05) is 30.3 Å². The summed E-state index contributed by atoms with van der Waals surface area (Å²) < 4.78 is 5.43. The molecule has 0 aliphatic carbocycles. The lowest BCUT2D eigenvalue weighted by Gasteiger charge is -2.17. The third kappa shape index (κ3) is 5.14. The van der Waals surface area contributed by atoms with Crippen LogP contribution in [0.1, 0.15) is 12.6 Å². The van der Waals surface area contributed by atoms with Crippen LogP contribution in [0.25, 0.3) is 11.5 Å². The lowest BCUT2D eigenvalue weighted by Crippen LogP contribution is -2.36. The Morgan fingerprint density at radius 3 is 2.70 bits per heavy atom. The third-order valence-corrected chi connectivity index (χ3v) is 4.06. The fraction of sp³-hybridized carbons (Fsp3) is 0.312. The molecule has 1 aromatic carbocycles. The van der Waals surface area contributed by atoms with Gasteiger partial charge in [-0.3, -0.25) is 9.59 Å². The standard InChI is InChI=1S/C16H18N2O4S/c1-2-18(8-15(20)21)14(19)11-23-10-13-9-22-16(17-13)12-6-4-3-5-7-12/h3-7,9H,2,8,10-11H2,1H3,(H,20,21). The largest absolute Gasteiger partial charge is 0.480 e. The lowest BCUT2D eigenvalue weighted by molar-refractivity contribution is -0.143. The van der Waals surface area contributed by atoms with E-state index in [4.69, 9.17) is 9.52 Å². The minimum absolute atomic E-state index is 0.188. The molecule has 7 heteroatoms. The zero-order chi connectivity index (χ0) is 16.7. The van der Waals surface area contributed by atoms with Crippen molar-refractivity contribution < 1.29 is 19.1 Å². The van der Waals surface area contributed by atoms with E-state index < -0.39 is 5.97 Å². The highest BCUT2D eigenvalue weighted by Gasteiger charge is 2.15. The number of carbonyl (C=O) groups excluding carboxylic acids is 1. The Balaban J connectivity index is 1.84. The van der Waals surface area contributed by atoms with Crippen molar-refractivity contribution in [2.45, 2.75) is 12.7 Å². The number of aliphatic carboxylic acids is 1. The van der Waals surface area contributed by atoms with Gasteiger partial charge in [0.1, 0.15) is 12.8 Å². The molecule has 1 N–H and O–H groups in total. The minimum atomic E-state index is -1.01. The molecule has 0 radical (unpaired) electrons. The van der Waals surface area contributed by atoms with E-state index in [2.05, 4.69) is 4.98 Å². The molecule has 2 aromatic rings. The third-order valence-electron chi connectivity index (χ3n) is 3.11. The molecular weight excluding hydrogens is 316 g/mol. The van der Waals surface area contributed by atoms with E-state index in [1.54, 1.807) is 13.2 Å². The molecule has 23 heavy (non-hydrogen) atoms. The number of rotatable bonds is 8. The molecule has 122 valence electrons. The first-order valence-electron chi connectivity index (χ1n) is 7.17. The van der Waals surface area contributed by atoms with Gasteiger partial charge in [0.2, 0.25) is 11.8 Å². The van der Waals surface area contributed by atoms with Crippen LogP contribution < -0.4 is 0 Å². The van der Waals surface area contributed by atoms with Crippen molar-refractivity contribution in [3.63, 3.8) is 0 Å². The van der Waals surface area contributed by atoms with E-state index in [0.29, 0.717) is 18.2 Å². The maximum atomic E-state index is 11.9. The Morgan fingerprint density at radius 2 is 2.04 bits per heavy atom. The number of carboxylic acid groups (broad SMARTS) is 1. The lowest BCUT2D eigenvalue weighted by atomic mass is 10.2. The van der Waals surface area contributed by atoms with Gasteiger partial charge in [-0.2, -0.15) is 0 Å². The van der Waals surface area contributed by atoms with Gasteiger partial charge < -0.3 is 14.4 Å². The van der Waals surface area contributed by atoms with Crippen molar-refractivity contribution >= 4 is 23.6 Å². The highest BCUT2D eigenvalue weighted by Crippen LogP contribution is 2.20.